The van der Waals surface area contributed by atoms with Crippen molar-refractivity contribution in [3.63, 3.8) is 0 Å². The molecule has 3 nitrogen and oxygen atoms in total. The lowest BCUT2D eigenvalue weighted by molar-refractivity contribution is 0.402. The smallest absolute Gasteiger partial charge is 0.0544 e. The molecule has 3 heteroatoms. The van der Waals surface area contributed by atoms with Gasteiger partial charge in [-0.05, 0) is 62.8 Å². The average molecular weight is 257 g/mol. The maximum Gasteiger partial charge on any atom is 0.0544 e. The molecule has 19 heavy (non-hydrogen) atoms. The molecule has 1 N–H and O–H groups in total. The summed E-state index contributed by atoms with van der Waals surface area (Å²) in [5.41, 5.74) is 7.26. The van der Waals surface area contributed by atoms with Gasteiger partial charge in [-0.1, -0.05) is 6.07 Å². The van der Waals surface area contributed by atoms with Crippen LogP contribution >= 0.6 is 0 Å². The second-order valence-corrected chi connectivity index (χ2v) is 6.36. The van der Waals surface area contributed by atoms with Crippen LogP contribution in [-0.2, 0) is 6.42 Å². The van der Waals surface area contributed by atoms with Crippen LogP contribution in [0.15, 0.2) is 23.3 Å². The van der Waals surface area contributed by atoms with Gasteiger partial charge in [0.05, 0.1) is 11.8 Å². The van der Waals surface area contributed by atoms with Crippen molar-refractivity contribution >= 4 is 11.9 Å². The van der Waals surface area contributed by atoms with E-state index in [4.69, 9.17) is 0 Å². The van der Waals surface area contributed by atoms with Crippen LogP contribution in [0.1, 0.15) is 44.2 Å². The number of hydrazone groups is 1. The maximum atomic E-state index is 4.36. The largest absolute Gasteiger partial charge is 0.372 e. The second-order valence-electron chi connectivity index (χ2n) is 6.36. The monoisotopic (exact) mass is 257 g/mol. The summed E-state index contributed by atoms with van der Waals surface area (Å²) in [5.74, 6) is 0. The first kappa shape index (κ1) is 12.5. The highest BCUT2D eigenvalue weighted by Gasteiger charge is 2.21. The van der Waals surface area contributed by atoms with Crippen LogP contribution in [0.25, 0.3) is 0 Å². The summed E-state index contributed by atoms with van der Waals surface area (Å²) >= 11 is 0. The van der Waals surface area contributed by atoms with Crippen LogP contribution in [0, 0.1) is 0 Å². The SMILES string of the molecule is CC1(C)Cc2ccc(N3CCCCC3)cc2C=NN1. The summed E-state index contributed by atoms with van der Waals surface area (Å²) in [6, 6.07) is 6.85. The van der Waals surface area contributed by atoms with Crippen molar-refractivity contribution in [3.8, 4) is 0 Å². The molecule has 3 rings (SSSR count). The Hall–Kier alpha value is -1.51. The molecule has 0 radical (unpaired) electrons. The van der Waals surface area contributed by atoms with E-state index >= 15 is 0 Å². The Morgan fingerprint density at radius 2 is 1.95 bits per heavy atom. The summed E-state index contributed by atoms with van der Waals surface area (Å²) in [6.45, 7) is 6.77. The summed E-state index contributed by atoms with van der Waals surface area (Å²) in [7, 11) is 0. The highest BCUT2D eigenvalue weighted by Crippen LogP contribution is 2.25. The van der Waals surface area contributed by atoms with Crippen LogP contribution in [0.4, 0.5) is 5.69 Å². The minimum Gasteiger partial charge on any atom is -0.372 e. The molecule has 0 saturated carbocycles. The molecule has 0 atom stereocenters. The van der Waals surface area contributed by atoms with Crippen molar-refractivity contribution < 1.29 is 0 Å². The zero-order valence-corrected chi connectivity index (χ0v) is 11.9. The van der Waals surface area contributed by atoms with Gasteiger partial charge in [0.15, 0.2) is 0 Å². The normalized spacial score (nSPS) is 21.5. The second kappa shape index (κ2) is 4.87. The molecule has 1 aromatic rings. The van der Waals surface area contributed by atoms with Gasteiger partial charge in [-0.15, -0.1) is 0 Å². The van der Waals surface area contributed by atoms with E-state index in [1.807, 2.05) is 6.21 Å². The van der Waals surface area contributed by atoms with Crippen molar-refractivity contribution in [2.45, 2.75) is 45.1 Å². The molecule has 1 saturated heterocycles. The third-order valence-electron chi connectivity index (χ3n) is 4.05. The van der Waals surface area contributed by atoms with E-state index in [1.165, 1.54) is 49.2 Å². The molecule has 0 bridgehead atoms. The first-order valence-corrected chi connectivity index (χ1v) is 7.32. The molecule has 0 amide bonds. The number of benzene rings is 1. The topological polar surface area (TPSA) is 27.6 Å². The Labute approximate surface area is 115 Å². The minimum absolute atomic E-state index is 0.0361. The average Bonchev–Trinajstić information content (AvgIpc) is 2.56. The first-order chi connectivity index (χ1) is 9.14. The van der Waals surface area contributed by atoms with Crippen LogP contribution < -0.4 is 10.3 Å². The molecule has 1 aromatic carbocycles. The zero-order valence-electron chi connectivity index (χ0n) is 11.9. The van der Waals surface area contributed by atoms with Crippen molar-refractivity contribution in [3.05, 3.63) is 29.3 Å². The highest BCUT2D eigenvalue weighted by atomic mass is 15.3. The quantitative estimate of drug-likeness (QED) is 0.837. The number of rotatable bonds is 1. The summed E-state index contributed by atoms with van der Waals surface area (Å²) in [5, 5.41) is 4.36. The van der Waals surface area contributed by atoms with Crippen LogP contribution in [0.5, 0.6) is 0 Å². The van der Waals surface area contributed by atoms with Crippen molar-refractivity contribution in [2.75, 3.05) is 18.0 Å². The fourth-order valence-corrected chi connectivity index (χ4v) is 3.00. The number of hydrogen-bond acceptors (Lipinski definition) is 3. The molecule has 0 unspecified atom stereocenters. The number of fused-ring (bicyclic) bond motifs is 1. The van der Waals surface area contributed by atoms with Gasteiger partial charge in [0, 0.05) is 18.8 Å². The molecule has 2 aliphatic heterocycles. The molecule has 0 aromatic heterocycles. The van der Waals surface area contributed by atoms with Gasteiger partial charge >= 0.3 is 0 Å². The highest BCUT2D eigenvalue weighted by molar-refractivity contribution is 5.84. The molecular formula is C16H23N3. The van der Waals surface area contributed by atoms with Crippen LogP contribution in [0.2, 0.25) is 0 Å². The maximum absolute atomic E-state index is 4.36. The van der Waals surface area contributed by atoms with E-state index < -0.39 is 0 Å². The molecule has 0 aliphatic carbocycles. The van der Waals surface area contributed by atoms with Crippen LogP contribution in [-0.4, -0.2) is 24.8 Å². The van der Waals surface area contributed by atoms with Gasteiger partial charge in [0.2, 0.25) is 0 Å². The van der Waals surface area contributed by atoms with Gasteiger partial charge in [-0.3, -0.25) is 0 Å². The fourth-order valence-electron chi connectivity index (χ4n) is 3.00. The standard InChI is InChI=1S/C16H23N3/c1-16(2)11-13-6-7-15(10-14(13)12-17-18-16)19-8-4-3-5-9-19/h6-7,10,12,18H,3-5,8-9,11H2,1-2H3. The third kappa shape index (κ3) is 2.75. The summed E-state index contributed by atoms with van der Waals surface area (Å²) in [6.07, 6.45) is 7.00. The molecule has 0 spiro atoms. The Bertz CT molecular complexity index is 485. The van der Waals surface area contributed by atoms with E-state index in [0.29, 0.717) is 0 Å². The lowest BCUT2D eigenvalue weighted by atomic mass is 9.93. The van der Waals surface area contributed by atoms with E-state index in [-0.39, 0.29) is 5.54 Å². The number of nitrogens with one attached hydrogen (secondary N) is 1. The van der Waals surface area contributed by atoms with Crippen molar-refractivity contribution in [2.24, 2.45) is 5.10 Å². The first-order valence-electron chi connectivity index (χ1n) is 7.32. The van der Waals surface area contributed by atoms with Gasteiger partial charge in [0.1, 0.15) is 0 Å². The summed E-state index contributed by atoms with van der Waals surface area (Å²) in [4.78, 5) is 2.50. The number of piperidine rings is 1. The predicted molar refractivity (Wildman–Crippen MR) is 81.0 cm³/mol. The van der Waals surface area contributed by atoms with Crippen LogP contribution in [0.3, 0.4) is 0 Å². The van der Waals surface area contributed by atoms with E-state index in [9.17, 15) is 0 Å². The van der Waals surface area contributed by atoms with E-state index in [2.05, 4.69) is 47.5 Å². The third-order valence-corrected chi connectivity index (χ3v) is 4.05. The number of anilines is 1. The Morgan fingerprint density at radius 3 is 2.74 bits per heavy atom. The number of nitrogens with zero attached hydrogens (tertiary/aromatic N) is 2. The lowest BCUT2D eigenvalue weighted by Gasteiger charge is -2.29. The Balaban J connectivity index is 1.89. The fraction of sp³-hybridized carbons (Fsp3) is 0.562. The zero-order chi connectivity index (χ0) is 13.3. The molecular weight excluding hydrogens is 234 g/mol. The Morgan fingerprint density at radius 1 is 1.16 bits per heavy atom. The van der Waals surface area contributed by atoms with Gasteiger partial charge in [-0.2, -0.15) is 5.10 Å². The van der Waals surface area contributed by atoms with Gasteiger partial charge in [-0.25, -0.2) is 0 Å². The van der Waals surface area contributed by atoms with Gasteiger partial charge in [0.25, 0.3) is 0 Å². The van der Waals surface area contributed by atoms with Crippen molar-refractivity contribution in [1.29, 1.82) is 0 Å². The molecule has 2 heterocycles. The molecule has 2 aliphatic rings. The van der Waals surface area contributed by atoms with Gasteiger partial charge < -0.3 is 10.3 Å². The summed E-state index contributed by atoms with van der Waals surface area (Å²) < 4.78 is 0. The van der Waals surface area contributed by atoms with Crippen molar-refractivity contribution in [1.82, 2.24) is 5.43 Å². The Kier molecular flexibility index (Phi) is 3.21. The molecule has 102 valence electrons. The minimum atomic E-state index is 0.0361. The van der Waals surface area contributed by atoms with E-state index in [1.54, 1.807) is 0 Å². The van der Waals surface area contributed by atoms with E-state index in [0.717, 1.165) is 6.42 Å². The number of hydrogen-bond donors (Lipinski definition) is 1. The predicted octanol–water partition coefficient (Wildman–Crippen LogP) is 2.94. The lowest BCUT2D eigenvalue weighted by Crippen LogP contribution is -2.36. The molecule has 1 fully saturated rings.